The van der Waals surface area contributed by atoms with Crippen LogP contribution in [-0.4, -0.2) is 25.8 Å². The molecule has 1 aromatic heterocycles. The van der Waals surface area contributed by atoms with E-state index in [0.29, 0.717) is 25.2 Å². The lowest BCUT2D eigenvalue weighted by Crippen LogP contribution is -2.44. The fourth-order valence-corrected chi connectivity index (χ4v) is 1.89. The first-order valence-corrected chi connectivity index (χ1v) is 5.21. The summed E-state index contributed by atoms with van der Waals surface area (Å²) in [6.07, 6.45) is 3.37. The Morgan fingerprint density at radius 2 is 2.53 bits per heavy atom. The summed E-state index contributed by atoms with van der Waals surface area (Å²) in [7, 11) is 0. The first-order chi connectivity index (χ1) is 7.18. The standard InChI is InChI=1S/C11H16FNO2/c1-11(12,9-2-4-14-7-9)6-10-8-15-5-3-13-10/h2,4,7,10,13H,3,5-6,8H2,1H3. The van der Waals surface area contributed by atoms with Gasteiger partial charge < -0.3 is 14.5 Å². The van der Waals surface area contributed by atoms with E-state index < -0.39 is 5.67 Å². The van der Waals surface area contributed by atoms with Crippen LogP contribution in [0.25, 0.3) is 0 Å². The van der Waals surface area contributed by atoms with Gasteiger partial charge in [-0.15, -0.1) is 0 Å². The molecule has 0 bridgehead atoms. The number of morpholine rings is 1. The number of furan rings is 1. The van der Waals surface area contributed by atoms with E-state index in [4.69, 9.17) is 9.15 Å². The van der Waals surface area contributed by atoms with Crippen molar-refractivity contribution in [1.82, 2.24) is 5.32 Å². The minimum absolute atomic E-state index is 0.0867. The van der Waals surface area contributed by atoms with Gasteiger partial charge in [-0.05, 0) is 13.0 Å². The molecule has 15 heavy (non-hydrogen) atoms. The Morgan fingerprint density at radius 3 is 3.13 bits per heavy atom. The fourth-order valence-electron chi connectivity index (χ4n) is 1.89. The van der Waals surface area contributed by atoms with Crippen molar-refractivity contribution in [2.45, 2.75) is 25.1 Å². The summed E-state index contributed by atoms with van der Waals surface area (Å²) in [6, 6.07) is 1.76. The van der Waals surface area contributed by atoms with Crippen LogP contribution >= 0.6 is 0 Å². The van der Waals surface area contributed by atoms with Crippen LogP contribution in [0, 0.1) is 0 Å². The van der Waals surface area contributed by atoms with Crippen molar-refractivity contribution in [2.75, 3.05) is 19.8 Å². The SMILES string of the molecule is CC(F)(CC1COCCN1)c1ccoc1. The zero-order valence-electron chi connectivity index (χ0n) is 8.83. The Morgan fingerprint density at radius 1 is 1.67 bits per heavy atom. The zero-order chi connectivity index (χ0) is 10.7. The molecule has 1 saturated heterocycles. The molecular formula is C11H16FNO2. The Bertz CT molecular complexity index is 292. The van der Waals surface area contributed by atoms with E-state index in [1.54, 1.807) is 13.0 Å². The van der Waals surface area contributed by atoms with Gasteiger partial charge in [0.25, 0.3) is 0 Å². The van der Waals surface area contributed by atoms with Crippen molar-refractivity contribution in [1.29, 1.82) is 0 Å². The highest BCUT2D eigenvalue weighted by Gasteiger charge is 2.31. The van der Waals surface area contributed by atoms with E-state index in [1.807, 2.05) is 0 Å². The quantitative estimate of drug-likeness (QED) is 0.832. The van der Waals surface area contributed by atoms with E-state index in [1.165, 1.54) is 12.5 Å². The molecule has 0 saturated carbocycles. The number of alkyl halides is 1. The maximum Gasteiger partial charge on any atom is 0.137 e. The van der Waals surface area contributed by atoms with Gasteiger partial charge >= 0.3 is 0 Å². The molecule has 2 rings (SSSR count). The van der Waals surface area contributed by atoms with E-state index >= 15 is 0 Å². The first-order valence-electron chi connectivity index (χ1n) is 5.21. The Balaban J connectivity index is 1.97. The number of nitrogens with one attached hydrogen (secondary N) is 1. The predicted molar refractivity (Wildman–Crippen MR) is 54.4 cm³/mol. The van der Waals surface area contributed by atoms with Crippen LogP contribution in [0.4, 0.5) is 4.39 Å². The van der Waals surface area contributed by atoms with E-state index in [2.05, 4.69) is 5.32 Å². The van der Waals surface area contributed by atoms with Crippen LogP contribution < -0.4 is 5.32 Å². The molecule has 3 nitrogen and oxygen atoms in total. The largest absolute Gasteiger partial charge is 0.472 e. The van der Waals surface area contributed by atoms with Crippen molar-refractivity contribution in [3.8, 4) is 0 Å². The van der Waals surface area contributed by atoms with Gasteiger partial charge in [0.1, 0.15) is 5.67 Å². The molecule has 4 heteroatoms. The van der Waals surface area contributed by atoms with Gasteiger partial charge in [-0.1, -0.05) is 0 Å². The third-order valence-electron chi connectivity index (χ3n) is 2.75. The summed E-state index contributed by atoms with van der Waals surface area (Å²) in [6.45, 7) is 3.67. The molecule has 0 amide bonds. The monoisotopic (exact) mass is 213 g/mol. The second-order valence-corrected chi connectivity index (χ2v) is 4.14. The van der Waals surface area contributed by atoms with E-state index in [0.717, 1.165) is 6.54 Å². The Kier molecular flexibility index (Phi) is 3.07. The second-order valence-electron chi connectivity index (χ2n) is 4.14. The molecule has 0 aliphatic carbocycles. The van der Waals surface area contributed by atoms with Crippen LogP contribution in [0.5, 0.6) is 0 Å². The van der Waals surface area contributed by atoms with Crippen molar-refractivity contribution in [3.63, 3.8) is 0 Å². The molecule has 2 atom stereocenters. The van der Waals surface area contributed by atoms with Gasteiger partial charge in [0.15, 0.2) is 0 Å². The van der Waals surface area contributed by atoms with Crippen molar-refractivity contribution in [2.24, 2.45) is 0 Å². The topological polar surface area (TPSA) is 34.4 Å². The van der Waals surface area contributed by atoms with Gasteiger partial charge in [-0.25, -0.2) is 4.39 Å². The summed E-state index contributed by atoms with van der Waals surface area (Å²) in [5.41, 5.74) is -0.763. The van der Waals surface area contributed by atoms with Crippen LogP contribution in [0.1, 0.15) is 18.9 Å². The lowest BCUT2D eigenvalue weighted by molar-refractivity contribution is 0.0473. The summed E-state index contributed by atoms with van der Waals surface area (Å²) in [5, 5.41) is 3.24. The molecule has 1 N–H and O–H groups in total. The van der Waals surface area contributed by atoms with Crippen molar-refractivity contribution < 1.29 is 13.5 Å². The van der Waals surface area contributed by atoms with Crippen molar-refractivity contribution >= 4 is 0 Å². The molecule has 2 unspecified atom stereocenters. The Labute approximate surface area is 88.6 Å². The van der Waals surface area contributed by atoms with Gasteiger partial charge in [0, 0.05) is 24.6 Å². The summed E-state index contributed by atoms with van der Waals surface area (Å²) in [5.74, 6) is 0. The first kappa shape index (κ1) is 10.6. The van der Waals surface area contributed by atoms with E-state index in [9.17, 15) is 4.39 Å². The molecule has 1 aliphatic rings. The summed E-state index contributed by atoms with van der Waals surface area (Å²) in [4.78, 5) is 0. The van der Waals surface area contributed by atoms with Gasteiger partial charge in [0.05, 0.1) is 25.7 Å². The number of rotatable bonds is 3. The maximum absolute atomic E-state index is 14.3. The number of ether oxygens (including phenoxy) is 1. The molecule has 1 fully saturated rings. The lowest BCUT2D eigenvalue weighted by Gasteiger charge is -2.29. The highest BCUT2D eigenvalue weighted by Crippen LogP contribution is 2.31. The Hall–Kier alpha value is -0.870. The molecule has 0 radical (unpaired) electrons. The zero-order valence-corrected chi connectivity index (χ0v) is 8.83. The molecule has 1 aliphatic heterocycles. The van der Waals surface area contributed by atoms with Crippen molar-refractivity contribution in [3.05, 3.63) is 24.2 Å². The highest BCUT2D eigenvalue weighted by atomic mass is 19.1. The molecular weight excluding hydrogens is 197 g/mol. The number of hydrogen-bond acceptors (Lipinski definition) is 3. The van der Waals surface area contributed by atoms with Gasteiger partial charge in [0.2, 0.25) is 0 Å². The minimum atomic E-state index is -1.36. The molecule has 1 aromatic rings. The minimum Gasteiger partial charge on any atom is -0.472 e. The lowest BCUT2D eigenvalue weighted by atomic mass is 9.93. The normalized spacial score (nSPS) is 26.1. The third kappa shape index (κ3) is 2.58. The molecule has 2 heterocycles. The average Bonchev–Trinajstić information content (AvgIpc) is 2.71. The molecule has 0 aromatic carbocycles. The average molecular weight is 213 g/mol. The number of hydrogen-bond donors (Lipinski definition) is 1. The van der Waals surface area contributed by atoms with Gasteiger partial charge in [-0.2, -0.15) is 0 Å². The number of halogens is 1. The second kappa shape index (κ2) is 4.33. The third-order valence-corrected chi connectivity index (χ3v) is 2.75. The smallest absolute Gasteiger partial charge is 0.137 e. The van der Waals surface area contributed by atoms with Crippen LogP contribution in [0.15, 0.2) is 23.0 Å². The molecule has 84 valence electrons. The van der Waals surface area contributed by atoms with E-state index in [-0.39, 0.29) is 6.04 Å². The predicted octanol–water partition coefficient (Wildman–Crippen LogP) is 1.84. The highest BCUT2D eigenvalue weighted by molar-refractivity contribution is 5.15. The van der Waals surface area contributed by atoms with Gasteiger partial charge in [-0.3, -0.25) is 0 Å². The summed E-state index contributed by atoms with van der Waals surface area (Å²) >= 11 is 0. The van der Waals surface area contributed by atoms with Crippen LogP contribution in [-0.2, 0) is 10.4 Å². The van der Waals surface area contributed by atoms with Crippen LogP contribution in [0.3, 0.4) is 0 Å². The molecule has 0 spiro atoms. The maximum atomic E-state index is 14.3. The van der Waals surface area contributed by atoms with Crippen LogP contribution in [0.2, 0.25) is 0 Å². The fraction of sp³-hybridized carbons (Fsp3) is 0.636. The summed E-state index contributed by atoms with van der Waals surface area (Å²) < 4.78 is 24.5.